The fourth-order valence-electron chi connectivity index (χ4n) is 3.16. The van der Waals surface area contributed by atoms with E-state index in [2.05, 4.69) is 4.98 Å². The van der Waals surface area contributed by atoms with Crippen molar-refractivity contribution in [2.45, 2.75) is 25.6 Å². The van der Waals surface area contributed by atoms with Gasteiger partial charge in [0.2, 0.25) is 0 Å². The Hall–Kier alpha value is -1.60. The Morgan fingerprint density at radius 3 is 2.67 bits per heavy atom. The minimum Gasteiger partial charge on any atom is -0.369 e. The lowest BCUT2D eigenvalue weighted by Gasteiger charge is -2.39. The highest BCUT2D eigenvalue weighted by molar-refractivity contribution is 5.94. The second-order valence-corrected chi connectivity index (χ2v) is 6.04. The van der Waals surface area contributed by atoms with E-state index in [-0.39, 0.29) is 31.9 Å². The zero-order valence-electron chi connectivity index (χ0n) is 13.0. The van der Waals surface area contributed by atoms with Crippen molar-refractivity contribution in [3.8, 4) is 0 Å². The van der Waals surface area contributed by atoms with E-state index >= 15 is 0 Å². The molecule has 0 aliphatic carbocycles. The third kappa shape index (κ3) is 3.42. The zero-order chi connectivity index (χ0) is 16.8. The summed E-state index contributed by atoms with van der Waals surface area (Å²) in [7, 11) is 0. The smallest absolute Gasteiger partial charge is 0.369 e. The van der Waals surface area contributed by atoms with Gasteiger partial charge in [-0.3, -0.25) is 4.98 Å². The molecule has 24 heavy (non-hydrogen) atoms. The van der Waals surface area contributed by atoms with Crippen LogP contribution in [0.25, 0.3) is 10.9 Å². The number of aromatic nitrogens is 1. The van der Waals surface area contributed by atoms with Crippen LogP contribution in [-0.4, -0.2) is 30.3 Å². The fourth-order valence-corrected chi connectivity index (χ4v) is 3.16. The molecule has 0 unspecified atom stereocenters. The molecule has 8 heteroatoms. The Balaban J connectivity index is 0.00000208. The monoisotopic (exact) mass is 363 g/mol. The first-order valence-corrected chi connectivity index (χ1v) is 7.38. The summed E-state index contributed by atoms with van der Waals surface area (Å²) in [4.78, 5) is 5.69. The van der Waals surface area contributed by atoms with Gasteiger partial charge in [0.1, 0.15) is 5.82 Å². The molecule has 1 aromatic heterocycles. The van der Waals surface area contributed by atoms with Crippen molar-refractivity contribution in [2.24, 2.45) is 11.7 Å². The summed E-state index contributed by atoms with van der Waals surface area (Å²) in [5.74, 6) is -1.99. The number of benzene rings is 1. The average Bonchev–Trinajstić information content (AvgIpc) is 2.49. The molecule has 1 fully saturated rings. The van der Waals surface area contributed by atoms with Gasteiger partial charge in [-0.15, -0.1) is 12.4 Å². The summed E-state index contributed by atoms with van der Waals surface area (Å²) in [5.41, 5.74) is 7.08. The Labute approximate surface area is 143 Å². The Morgan fingerprint density at radius 1 is 1.29 bits per heavy atom. The predicted octanol–water partition coefficient (Wildman–Crippen LogP) is 3.82. The van der Waals surface area contributed by atoms with Gasteiger partial charge in [-0.2, -0.15) is 13.2 Å². The highest BCUT2D eigenvalue weighted by atomic mass is 35.5. The van der Waals surface area contributed by atoms with Crippen molar-refractivity contribution < 1.29 is 17.6 Å². The summed E-state index contributed by atoms with van der Waals surface area (Å²) in [5, 5.41) is 0.640. The molecule has 0 spiro atoms. The molecule has 3 nitrogen and oxygen atoms in total. The number of aryl methyl sites for hydroxylation is 1. The summed E-state index contributed by atoms with van der Waals surface area (Å²) < 4.78 is 53.4. The van der Waals surface area contributed by atoms with E-state index in [1.807, 2.05) is 0 Å². The van der Waals surface area contributed by atoms with Gasteiger partial charge in [0.05, 0.1) is 11.4 Å². The van der Waals surface area contributed by atoms with Crippen LogP contribution in [0.3, 0.4) is 0 Å². The molecule has 0 radical (unpaired) electrons. The molecule has 1 aliphatic rings. The molecule has 0 amide bonds. The maximum atomic E-state index is 14.2. The van der Waals surface area contributed by atoms with Crippen LogP contribution in [0.1, 0.15) is 12.0 Å². The normalized spacial score (nSPS) is 21.7. The van der Waals surface area contributed by atoms with Gasteiger partial charge in [-0.25, -0.2) is 4.39 Å². The van der Waals surface area contributed by atoms with Gasteiger partial charge in [0.25, 0.3) is 0 Å². The molecule has 1 saturated heterocycles. The number of pyridine rings is 1. The molecule has 2 N–H and O–H groups in total. The third-order valence-corrected chi connectivity index (χ3v) is 4.35. The first kappa shape index (κ1) is 18.7. The van der Waals surface area contributed by atoms with E-state index in [4.69, 9.17) is 5.73 Å². The second kappa shape index (κ2) is 6.72. The van der Waals surface area contributed by atoms with Crippen LogP contribution in [0.4, 0.5) is 23.2 Å². The van der Waals surface area contributed by atoms with E-state index in [0.29, 0.717) is 22.2 Å². The average molecular weight is 364 g/mol. The summed E-state index contributed by atoms with van der Waals surface area (Å²) >= 11 is 0. The number of rotatable bonds is 1. The highest BCUT2D eigenvalue weighted by Gasteiger charge is 2.44. The van der Waals surface area contributed by atoms with Crippen molar-refractivity contribution in [1.29, 1.82) is 0 Å². The van der Waals surface area contributed by atoms with Crippen LogP contribution in [0.5, 0.6) is 0 Å². The first-order chi connectivity index (χ1) is 10.8. The molecule has 2 aromatic rings. The van der Waals surface area contributed by atoms with Gasteiger partial charge < -0.3 is 10.6 Å². The Kier molecular flexibility index (Phi) is 5.25. The van der Waals surface area contributed by atoms with E-state index in [0.717, 1.165) is 0 Å². The maximum Gasteiger partial charge on any atom is 0.393 e. The number of fused-ring (bicyclic) bond motifs is 1. The number of nitrogens with zero attached hydrogens (tertiary/aromatic N) is 2. The van der Waals surface area contributed by atoms with Crippen molar-refractivity contribution in [3.05, 3.63) is 35.8 Å². The van der Waals surface area contributed by atoms with Gasteiger partial charge in [-0.1, -0.05) is 0 Å². The third-order valence-electron chi connectivity index (χ3n) is 4.35. The number of nitrogens with two attached hydrogens (primary N) is 1. The minimum absolute atomic E-state index is 0. The van der Waals surface area contributed by atoms with Crippen molar-refractivity contribution in [1.82, 2.24) is 4.98 Å². The number of hydrogen-bond acceptors (Lipinski definition) is 3. The zero-order valence-corrected chi connectivity index (χ0v) is 13.8. The number of alkyl halides is 3. The maximum absolute atomic E-state index is 14.2. The molecular weight excluding hydrogens is 346 g/mol. The van der Waals surface area contributed by atoms with Crippen LogP contribution in [0.2, 0.25) is 0 Å². The number of anilines is 1. The van der Waals surface area contributed by atoms with E-state index in [1.54, 1.807) is 25.3 Å². The Bertz CT molecular complexity index is 735. The lowest BCUT2D eigenvalue weighted by Crippen LogP contribution is -2.51. The summed E-state index contributed by atoms with van der Waals surface area (Å²) in [6, 6.07) is 4.11. The topological polar surface area (TPSA) is 42.1 Å². The molecule has 0 saturated carbocycles. The highest BCUT2D eigenvalue weighted by Crippen LogP contribution is 2.37. The van der Waals surface area contributed by atoms with Crippen LogP contribution in [0, 0.1) is 18.7 Å². The Morgan fingerprint density at radius 2 is 2.00 bits per heavy atom. The fraction of sp³-hybridized carbons (Fsp3) is 0.438. The van der Waals surface area contributed by atoms with Crippen molar-refractivity contribution >= 4 is 29.0 Å². The number of halogens is 5. The SMILES string of the molecule is Cc1c(F)cc(N2C[C@H](N)C[C@H](C(F)(F)F)C2)c2cccnc12.Cl. The standard InChI is InChI=1S/C16H17F4N3.ClH/c1-9-13(17)6-14(12-3-2-4-22-15(9)12)23-7-10(16(18,19)20)5-11(21)8-23;/h2-4,6,10-11H,5,7-8,21H2,1H3;1H/t10-,11+;/m0./s1. The van der Waals surface area contributed by atoms with E-state index in [1.165, 1.54) is 11.0 Å². The van der Waals surface area contributed by atoms with Crippen LogP contribution >= 0.6 is 12.4 Å². The van der Waals surface area contributed by atoms with Crippen LogP contribution in [-0.2, 0) is 0 Å². The second-order valence-electron chi connectivity index (χ2n) is 6.04. The first-order valence-electron chi connectivity index (χ1n) is 7.38. The summed E-state index contributed by atoms with van der Waals surface area (Å²) in [6.45, 7) is 1.65. The lowest BCUT2D eigenvalue weighted by molar-refractivity contribution is -0.177. The number of hydrogen-bond donors (Lipinski definition) is 1. The molecule has 2 heterocycles. The summed E-state index contributed by atoms with van der Waals surface area (Å²) in [6.07, 6.45) is -2.88. The van der Waals surface area contributed by atoms with E-state index in [9.17, 15) is 17.6 Å². The molecule has 1 aliphatic heterocycles. The molecule has 0 bridgehead atoms. The van der Waals surface area contributed by atoms with E-state index < -0.39 is 24.0 Å². The molecule has 1 aromatic carbocycles. The molecule has 3 rings (SSSR count). The van der Waals surface area contributed by atoms with Gasteiger partial charge in [0, 0.05) is 42.0 Å². The van der Waals surface area contributed by atoms with Gasteiger partial charge in [0.15, 0.2) is 0 Å². The predicted molar refractivity (Wildman–Crippen MR) is 88.0 cm³/mol. The van der Waals surface area contributed by atoms with Crippen LogP contribution < -0.4 is 10.6 Å². The van der Waals surface area contributed by atoms with Crippen molar-refractivity contribution in [2.75, 3.05) is 18.0 Å². The lowest BCUT2D eigenvalue weighted by atomic mass is 9.93. The van der Waals surface area contributed by atoms with Crippen LogP contribution in [0.15, 0.2) is 24.4 Å². The molecular formula is C16H18ClF4N3. The van der Waals surface area contributed by atoms with Gasteiger partial charge in [-0.05, 0) is 31.5 Å². The van der Waals surface area contributed by atoms with Gasteiger partial charge >= 0.3 is 6.18 Å². The minimum atomic E-state index is -4.31. The molecule has 132 valence electrons. The quantitative estimate of drug-likeness (QED) is 0.783. The van der Waals surface area contributed by atoms with Crippen molar-refractivity contribution in [3.63, 3.8) is 0 Å². The number of piperidine rings is 1. The largest absolute Gasteiger partial charge is 0.393 e. The molecule has 2 atom stereocenters.